The fourth-order valence-electron chi connectivity index (χ4n) is 1.14. The van der Waals surface area contributed by atoms with Crippen LogP contribution in [-0.2, 0) is 0 Å². The van der Waals surface area contributed by atoms with Gasteiger partial charge >= 0.3 is 11.9 Å². The Morgan fingerprint density at radius 3 is 1.93 bits per heavy atom. The lowest BCUT2D eigenvalue weighted by atomic mass is 10.0. The van der Waals surface area contributed by atoms with Crippen molar-refractivity contribution >= 4 is 29.0 Å². The lowest BCUT2D eigenvalue weighted by molar-refractivity contribution is 0.0652. The molecule has 0 unspecified atom stereocenters. The Morgan fingerprint density at radius 1 is 1.00 bits per heavy atom. The third kappa shape index (κ3) is 1.62. The van der Waals surface area contributed by atoms with Crippen molar-refractivity contribution in [3.05, 3.63) is 17.2 Å². The Kier molecular flexibility index (Phi) is 2.39. The monoisotopic (exact) mass is 211 g/mol. The summed E-state index contributed by atoms with van der Waals surface area (Å²) in [5.41, 5.74) is 14.6. The van der Waals surface area contributed by atoms with E-state index in [0.29, 0.717) is 0 Å². The van der Waals surface area contributed by atoms with E-state index in [1.807, 2.05) is 0 Å². The largest absolute Gasteiger partial charge is 0.478 e. The van der Waals surface area contributed by atoms with Crippen LogP contribution < -0.4 is 17.2 Å². The number of anilines is 3. The van der Waals surface area contributed by atoms with E-state index in [1.54, 1.807) is 0 Å². The molecule has 0 saturated carbocycles. The number of carboxylic acid groups (broad SMARTS) is 2. The van der Waals surface area contributed by atoms with Crippen LogP contribution in [-0.4, -0.2) is 22.2 Å². The van der Waals surface area contributed by atoms with Crippen LogP contribution in [0.15, 0.2) is 6.07 Å². The predicted octanol–water partition coefficient (Wildman–Crippen LogP) is -0.170. The Hall–Kier alpha value is -2.44. The maximum Gasteiger partial charge on any atom is 0.338 e. The minimum Gasteiger partial charge on any atom is -0.478 e. The molecule has 0 aromatic heterocycles. The molecule has 0 saturated heterocycles. The predicted molar refractivity (Wildman–Crippen MR) is 53.6 cm³/mol. The van der Waals surface area contributed by atoms with Gasteiger partial charge in [0.15, 0.2) is 0 Å². The molecule has 1 aromatic carbocycles. The second-order valence-corrected chi connectivity index (χ2v) is 2.83. The Labute approximate surface area is 84.1 Å². The van der Waals surface area contributed by atoms with Gasteiger partial charge in [0.05, 0.1) is 28.2 Å². The fraction of sp³-hybridized carbons (Fsp3) is 0. The molecule has 0 atom stereocenters. The molecule has 0 spiro atoms. The number of carbonyl (C=O) groups is 2. The highest BCUT2D eigenvalue weighted by Crippen LogP contribution is 2.29. The van der Waals surface area contributed by atoms with Gasteiger partial charge in [-0.05, 0) is 6.07 Å². The van der Waals surface area contributed by atoms with Gasteiger partial charge in [-0.25, -0.2) is 9.59 Å². The molecule has 1 rings (SSSR count). The quantitative estimate of drug-likeness (QED) is 0.425. The molecule has 7 nitrogen and oxygen atoms in total. The highest BCUT2D eigenvalue weighted by molar-refractivity contribution is 6.09. The first kappa shape index (κ1) is 10.6. The van der Waals surface area contributed by atoms with Gasteiger partial charge in [0.25, 0.3) is 0 Å². The molecular weight excluding hydrogens is 202 g/mol. The van der Waals surface area contributed by atoms with Crippen molar-refractivity contribution in [1.82, 2.24) is 0 Å². The fourth-order valence-corrected chi connectivity index (χ4v) is 1.14. The molecule has 0 heterocycles. The van der Waals surface area contributed by atoms with Crippen LogP contribution in [0.25, 0.3) is 0 Å². The summed E-state index contributed by atoms with van der Waals surface area (Å²) in [6.07, 6.45) is 0. The Morgan fingerprint density at radius 2 is 1.53 bits per heavy atom. The van der Waals surface area contributed by atoms with E-state index in [2.05, 4.69) is 0 Å². The summed E-state index contributed by atoms with van der Waals surface area (Å²) in [5, 5.41) is 17.5. The summed E-state index contributed by atoms with van der Waals surface area (Å²) < 4.78 is 0. The highest BCUT2D eigenvalue weighted by Gasteiger charge is 2.22. The normalized spacial score (nSPS) is 9.87. The zero-order valence-corrected chi connectivity index (χ0v) is 7.52. The molecule has 80 valence electrons. The zero-order valence-electron chi connectivity index (χ0n) is 7.52. The molecule has 7 heteroatoms. The van der Waals surface area contributed by atoms with Crippen molar-refractivity contribution in [2.75, 3.05) is 17.2 Å². The molecule has 0 bridgehead atoms. The maximum absolute atomic E-state index is 10.8. The molecule has 0 aliphatic carbocycles. The summed E-state index contributed by atoms with van der Waals surface area (Å²) in [7, 11) is 0. The molecule has 0 amide bonds. The van der Waals surface area contributed by atoms with Crippen molar-refractivity contribution in [1.29, 1.82) is 0 Å². The SMILES string of the molecule is Nc1cc(C(=O)O)c(C(=O)O)c(N)c1N. The average Bonchev–Trinajstić information content (AvgIpc) is 2.12. The molecule has 0 fully saturated rings. The number of rotatable bonds is 2. The second kappa shape index (κ2) is 3.37. The lowest BCUT2D eigenvalue weighted by Crippen LogP contribution is -2.14. The van der Waals surface area contributed by atoms with Gasteiger partial charge in [0.1, 0.15) is 0 Å². The number of aromatic carboxylic acids is 2. The minimum atomic E-state index is -1.46. The lowest BCUT2D eigenvalue weighted by Gasteiger charge is -2.10. The van der Waals surface area contributed by atoms with E-state index in [1.165, 1.54) is 0 Å². The number of nitrogens with two attached hydrogens (primary N) is 3. The van der Waals surface area contributed by atoms with Gasteiger partial charge in [0, 0.05) is 0 Å². The number of carboxylic acids is 2. The first-order valence-corrected chi connectivity index (χ1v) is 3.80. The summed E-state index contributed by atoms with van der Waals surface area (Å²) in [4.78, 5) is 21.5. The molecule has 0 aliphatic rings. The van der Waals surface area contributed by atoms with E-state index in [-0.39, 0.29) is 17.1 Å². The third-order valence-electron chi connectivity index (χ3n) is 1.88. The maximum atomic E-state index is 10.8. The van der Waals surface area contributed by atoms with Crippen molar-refractivity contribution in [3.8, 4) is 0 Å². The molecule has 1 aromatic rings. The third-order valence-corrected chi connectivity index (χ3v) is 1.88. The zero-order chi connectivity index (χ0) is 11.7. The summed E-state index contributed by atoms with van der Waals surface area (Å²) in [6.45, 7) is 0. The summed E-state index contributed by atoms with van der Waals surface area (Å²) >= 11 is 0. The van der Waals surface area contributed by atoms with Crippen molar-refractivity contribution in [3.63, 3.8) is 0 Å². The van der Waals surface area contributed by atoms with E-state index in [9.17, 15) is 9.59 Å². The van der Waals surface area contributed by atoms with E-state index < -0.39 is 23.1 Å². The number of nitrogen functional groups attached to an aromatic ring is 3. The Balaban J connectivity index is 3.65. The van der Waals surface area contributed by atoms with Crippen LogP contribution in [0.1, 0.15) is 20.7 Å². The first-order valence-electron chi connectivity index (χ1n) is 3.80. The van der Waals surface area contributed by atoms with Crippen LogP contribution in [0, 0.1) is 0 Å². The Bertz CT molecular complexity index is 456. The van der Waals surface area contributed by atoms with Crippen molar-refractivity contribution in [2.24, 2.45) is 0 Å². The van der Waals surface area contributed by atoms with Crippen LogP contribution in [0.2, 0.25) is 0 Å². The molecule has 15 heavy (non-hydrogen) atoms. The number of hydrogen-bond donors (Lipinski definition) is 5. The van der Waals surface area contributed by atoms with Gasteiger partial charge in [-0.2, -0.15) is 0 Å². The molecule has 8 N–H and O–H groups in total. The molecule has 0 radical (unpaired) electrons. The van der Waals surface area contributed by atoms with Gasteiger partial charge < -0.3 is 27.4 Å². The van der Waals surface area contributed by atoms with Gasteiger partial charge in [-0.15, -0.1) is 0 Å². The second-order valence-electron chi connectivity index (χ2n) is 2.83. The van der Waals surface area contributed by atoms with E-state index in [4.69, 9.17) is 27.4 Å². The smallest absolute Gasteiger partial charge is 0.338 e. The highest BCUT2D eigenvalue weighted by atomic mass is 16.4. The first-order chi connectivity index (χ1) is 6.86. The van der Waals surface area contributed by atoms with Crippen molar-refractivity contribution < 1.29 is 19.8 Å². The van der Waals surface area contributed by atoms with Crippen LogP contribution in [0.5, 0.6) is 0 Å². The molecular formula is C8H9N3O4. The summed E-state index contributed by atoms with van der Waals surface area (Å²) in [6, 6.07) is 0.970. The summed E-state index contributed by atoms with van der Waals surface area (Å²) in [5.74, 6) is -2.89. The average molecular weight is 211 g/mol. The van der Waals surface area contributed by atoms with Crippen molar-refractivity contribution in [2.45, 2.75) is 0 Å². The number of benzene rings is 1. The van der Waals surface area contributed by atoms with Gasteiger partial charge in [-0.3, -0.25) is 0 Å². The molecule has 0 aliphatic heterocycles. The van der Waals surface area contributed by atoms with Crippen LogP contribution in [0.4, 0.5) is 17.1 Å². The van der Waals surface area contributed by atoms with E-state index in [0.717, 1.165) is 6.07 Å². The van der Waals surface area contributed by atoms with Gasteiger partial charge in [0.2, 0.25) is 0 Å². The van der Waals surface area contributed by atoms with E-state index >= 15 is 0 Å². The van der Waals surface area contributed by atoms with Crippen LogP contribution in [0.3, 0.4) is 0 Å². The minimum absolute atomic E-state index is 0.0603. The topological polar surface area (TPSA) is 153 Å². The van der Waals surface area contributed by atoms with Gasteiger partial charge in [-0.1, -0.05) is 0 Å². The van der Waals surface area contributed by atoms with Crippen LogP contribution >= 0.6 is 0 Å². The standard InChI is InChI=1S/C8H9N3O4/c9-3-1-2(7(12)13)4(8(14)15)6(11)5(3)10/h1H,9-11H2,(H,12,13)(H,14,15). The number of hydrogen-bond acceptors (Lipinski definition) is 5.